The van der Waals surface area contributed by atoms with Crippen molar-refractivity contribution < 1.29 is 9.47 Å². The second kappa shape index (κ2) is 11.6. The van der Waals surface area contributed by atoms with Crippen LogP contribution in [0.2, 0.25) is 0 Å². The molecule has 2 aromatic carbocycles. The number of methoxy groups -OCH3 is 1. The summed E-state index contributed by atoms with van der Waals surface area (Å²) in [5.74, 6) is 1.66. The van der Waals surface area contributed by atoms with E-state index in [0.717, 1.165) is 62.2 Å². The van der Waals surface area contributed by atoms with Gasteiger partial charge in [0.15, 0.2) is 5.96 Å². The Morgan fingerprint density at radius 2 is 1.88 bits per heavy atom. The molecule has 2 N–H and O–H groups in total. The van der Waals surface area contributed by atoms with E-state index in [1.54, 1.807) is 7.11 Å². The summed E-state index contributed by atoms with van der Waals surface area (Å²) in [5.41, 5.74) is 2.22. The number of nitrogens with one attached hydrogen (secondary N) is 2. The minimum Gasteiger partial charge on any atom is -0.497 e. The topological polar surface area (TPSA) is 71.0 Å². The average Bonchev–Trinajstić information content (AvgIpc) is 2.88. The van der Waals surface area contributed by atoms with E-state index >= 15 is 0 Å². The molecule has 0 bridgehead atoms. The summed E-state index contributed by atoms with van der Waals surface area (Å²) in [5, 5.41) is 9.26. The van der Waals surface area contributed by atoms with Gasteiger partial charge in [-0.25, -0.2) is 4.99 Å². The summed E-state index contributed by atoms with van der Waals surface area (Å²) in [7, 11) is 1.69. The van der Waals surface area contributed by atoms with Gasteiger partial charge < -0.3 is 20.1 Å². The van der Waals surface area contributed by atoms with E-state index in [4.69, 9.17) is 14.5 Å². The Morgan fingerprint density at radius 3 is 2.64 bits per heavy atom. The molecule has 33 heavy (non-hydrogen) atoms. The van der Waals surface area contributed by atoms with E-state index < -0.39 is 0 Å². The smallest absolute Gasteiger partial charge is 0.191 e. The second-order valence-electron chi connectivity index (χ2n) is 7.99. The van der Waals surface area contributed by atoms with E-state index in [9.17, 15) is 0 Å². The number of pyridine rings is 1. The fourth-order valence-electron chi connectivity index (χ4n) is 4.17. The van der Waals surface area contributed by atoms with Crippen LogP contribution in [0, 0.1) is 0 Å². The molecule has 3 aromatic rings. The number of hydrogen-bond donors (Lipinski definition) is 2. The highest BCUT2D eigenvalue weighted by atomic mass is 16.5. The van der Waals surface area contributed by atoms with Gasteiger partial charge in [-0.3, -0.25) is 9.88 Å². The second-order valence-corrected chi connectivity index (χ2v) is 7.99. The number of morpholine rings is 1. The third kappa shape index (κ3) is 6.00. The van der Waals surface area contributed by atoms with Gasteiger partial charge >= 0.3 is 0 Å². The fraction of sp³-hybridized carbons (Fsp3) is 0.385. The molecule has 1 unspecified atom stereocenters. The zero-order chi connectivity index (χ0) is 22.9. The largest absolute Gasteiger partial charge is 0.497 e. The predicted molar refractivity (Wildman–Crippen MR) is 133 cm³/mol. The lowest BCUT2D eigenvalue weighted by Gasteiger charge is -2.35. The molecule has 2 heterocycles. The van der Waals surface area contributed by atoms with Crippen LogP contribution in [-0.4, -0.2) is 62.3 Å². The Balaban J connectivity index is 1.50. The predicted octanol–water partition coefficient (Wildman–Crippen LogP) is 3.37. The van der Waals surface area contributed by atoms with E-state index in [1.807, 2.05) is 36.5 Å². The van der Waals surface area contributed by atoms with Crippen LogP contribution in [0.5, 0.6) is 5.75 Å². The van der Waals surface area contributed by atoms with Gasteiger partial charge in [0.1, 0.15) is 5.75 Å². The Labute approximate surface area is 195 Å². The Hall–Kier alpha value is -3.16. The van der Waals surface area contributed by atoms with Crippen LogP contribution in [0.25, 0.3) is 10.8 Å². The lowest BCUT2D eigenvalue weighted by atomic mass is 10.0. The molecule has 0 aliphatic carbocycles. The van der Waals surface area contributed by atoms with Crippen LogP contribution >= 0.6 is 0 Å². The first-order valence-electron chi connectivity index (χ1n) is 11.6. The molecule has 0 amide bonds. The minimum atomic E-state index is 0.208. The summed E-state index contributed by atoms with van der Waals surface area (Å²) < 4.78 is 10.9. The molecule has 7 heteroatoms. The van der Waals surface area contributed by atoms with Crippen molar-refractivity contribution in [2.75, 3.05) is 46.5 Å². The molecule has 0 spiro atoms. The average molecular weight is 448 g/mol. The SMILES string of the molecule is CCNC(=NCc1nccc2ccccc12)NCC(c1ccc(OC)cc1)N1CCOCC1. The van der Waals surface area contributed by atoms with Gasteiger partial charge in [0.2, 0.25) is 0 Å². The fourth-order valence-corrected chi connectivity index (χ4v) is 4.17. The van der Waals surface area contributed by atoms with Gasteiger partial charge in [-0.05, 0) is 36.1 Å². The molecule has 7 nitrogen and oxygen atoms in total. The van der Waals surface area contributed by atoms with Crippen LogP contribution in [0.4, 0.5) is 0 Å². The summed E-state index contributed by atoms with van der Waals surface area (Å²) in [4.78, 5) is 11.9. The molecule has 1 atom stereocenters. The maximum atomic E-state index is 5.58. The Bertz CT molecular complexity index is 1040. The first-order valence-corrected chi connectivity index (χ1v) is 11.6. The molecule has 0 saturated carbocycles. The maximum Gasteiger partial charge on any atom is 0.191 e. The van der Waals surface area contributed by atoms with Crippen molar-refractivity contribution in [3.63, 3.8) is 0 Å². The van der Waals surface area contributed by atoms with Crippen molar-refractivity contribution in [3.8, 4) is 5.75 Å². The van der Waals surface area contributed by atoms with Crippen LogP contribution in [0.3, 0.4) is 0 Å². The van der Waals surface area contributed by atoms with E-state index in [0.29, 0.717) is 6.54 Å². The number of ether oxygens (including phenoxy) is 2. The van der Waals surface area contributed by atoms with Crippen molar-refractivity contribution in [3.05, 3.63) is 72.1 Å². The number of guanidine groups is 1. The number of benzene rings is 2. The van der Waals surface area contributed by atoms with Crippen LogP contribution < -0.4 is 15.4 Å². The van der Waals surface area contributed by atoms with Crippen molar-refractivity contribution in [2.45, 2.75) is 19.5 Å². The zero-order valence-corrected chi connectivity index (χ0v) is 19.5. The number of rotatable bonds is 8. The van der Waals surface area contributed by atoms with Gasteiger partial charge in [-0.2, -0.15) is 0 Å². The number of nitrogens with zero attached hydrogens (tertiary/aromatic N) is 3. The van der Waals surface area contributed by atoms with Crippen LogP contribution in [0.15, 0.2) is 65.8 Å². The highest BCUT2D eigenvalue weighted by Gasteiger charge is 2.23. The monoisotopic (exact) mass is 447 g/mol. The molecule has 1 aliphatic heterocycles. The van der Waals surface area contributed by atoms with Crippen molar-refractivity contribution in [1.82, 2.24) is 20.5 Å². The molecular weight excluding hydrogens is 414 g/mol. The quantitative estimate of drug-likeness (QED) is 0.408. The van der Waals surface area contributed by atoms with E-state index in [1.165, 1.54) is 10.9 Å². The molecule has 1 fully saturated rings. The maximum absolute atomic E-state index is 5.58. The van der Waals surface area contributed by atoms with Gasteiger partial charge in [0.05, 0.1) is 38.6 Å². The van der Waals surface area contributed by atoms with Gasteiger partial charge in [-0.15, -0.1) is 0 Å². The molecule has 0 radical (unpaired) electrons. The summed E-state index contributed by atoms with van der Waals surface area (Å²) in [6.07, 6.45) is 1.85. The zero-order valence-electron chi connectivity index (χ0n) is 19.5. The lowest BCUT2D eigenvalue weighted by molar-refractivity contribution is 0.0170. The normalized spacial score (nSPS) is 15.9. The van der Waals surface area contributed by atoms with E-state index in [2.05, 4.69) is 51.7 Å². The number of aromatic nitrogens is 1. The molecule has 4 rings (SSSR count). The third-order valence-corrected chi connectivity index (χ3v) is 5.94. The first-order chi connectivity index (χ1) is 16.3. The van der Waals surface area contributed by atoms with Crippen molar-refractivity contribution >= 4 is 16.7 Å². The third-order valence-electron chi connectivity index (χ3n) is 5.94. The summed E-state index contributed by atoms with van der Waals surface area (Å²) in [6, 6.07) is 18.9. The summed E-state index contributed by atoms with van der Waals surface area (Å²) >= 11 is 0. The van der Waals surface area contributed by atoms with Crippen LogP contribution in [-0.2, 0) is 11.3 Å². The molecule has 1 aromatic heterocycles. The standard InChI is InChI=1S/C26H33N5O2/c1-3-27-26(29-18-24-23-7-5-4-6-20(23)12-13-28-24)30-19-25(31-14-16-33-17-15-31)21-8-10-22(32-2)11-9-21/h4-13,25H,3,14-19H2,1-2H3,(H2,27,29,30). The minimum absolute atomic E-state index is 0.208. The van der Waals surface area contributed by atoms with Crippen molar-refractivity contribution in [1.29, 1.82) is 0 Å². The molecular formula is C26H33N5O2. The lowest BCUT2D eigenvalue weighted by Crippen LogP contribution is -2.46. The highest BCUT2D eigenvalue weighted by molar-refractivity contribution is 5.85. The summed E-state index contributed by atoms with van der Waals surface area (Å²) in [6.45, 7) is 7.46. The van der Waals surface area contributed by atoms with Gasteiger partial charge in [-0.1, -0.05) is 36.4 Å². The van der Waals surface area contributed by atoms with E-state index in [-0.39, 0.29) is 6.04 Å². The van der Waals surface area contributed by atoms with Crippen LogP contribution in [0.1, 0.15) is 24.2 Å². The van der Waals surface area contributed by atoms with Crippen molar-refractivity contribution in [2.24, 2.45) is 4.99 Å². The number of fused-ring (bicyclic) bond motifs is 1. The van der Waals surface area contributed by atoms with Gasteiger partial charge in [0, 0.05) is 37.8 Å². The molecule has 1 aliphatic rings. The Morgan fingerprint density at radius 1 is 1.09 bits per heavy atom. The molecule has 174 valence electrons. The molecule has 1 saturated heterocycles. The van der Waals surface area contributed by atoms with Gasteiger partial charge in [0.25, 0.3) is 0 Å². The number of hydrogen-bond acceptors (Lipinski definition) is 5. The first kappa shape index (κ1) is 23.0. The number of aliphatic imine (C=N–C) groups is 1. The highest BCUT2D eigenvalue weighted by Crippen LogP contribution is 2.24. The Kier molecular flexibility index (Phi) is 8.11.